The summed E-state index contributed by atoms with van der Waals surface area (Å²) in [4.78, 5) is 19.1. The molecule has 0 bridgehead atoms. The van der Waals surface area contributed by atoms with Crippen molar-refractivity contribution in [3.05, 3.63) is 34.7 Å². The van der Waals surface area contributed by atoms with Crippen molar-refractivity contribution in [1.29, 1.82) is 0 Å². The van der Waals surface area contributed by atoms with E-state index >= 15 is 0 Å². The molecule has 0 N–H and O–H groups in total. The largest absolute Gasteiger partial charge is 0.444 e. The number of halogens is 1. The Morgan fingerprint density at radius 3 is 2.78 bits per heavy atom. The lowest BCUT2D eigenvalue weighted by molar-refractivity contribution is 0.00935. The predicted octanol–water partition coefficient (Wildman–Crippen LogP) is 4.34. The first-order valence-corrected chi connectivity index (χ1v) is 8.64. The summed E-state index contributed by atoms with van der Waals surface area (Å²) in [5.74, 6) is 0. The number of ether oxygens (including phenoxy) is 1. The van der Waals surface area contributed by atoms with E-state index < -0.39 is 11.1 Å². The average molecular weight is 380 g/mol. The van der Waals surface area contributed by atoms with E-state index in [-0.39, 0.29) is 6.09 Å². The molecule has 1 aliphatic rings. The second-order valence-corrected chi connectivity index (χ2v) is 8.16. The van der Waals surface area contributed by atoms with Gasteiger partial charge in [-0.15, -0.1) is 0 Å². The summed E-state index contributed by atoms with van der Waals surface area (Å²) in [6.07, 6.45) is 5.55. The van der Waals surface area contributed by atoms with Crippen LogP contribution in [0.2, 0.25) is 0 Å². The van der Waals surface area contributed by atoms with Crippen molar-refractivity contribution in [2.24, 2.45) is 0 Å². The van der Waals surface area contributed by atoms with Crippen molar-refractivity contribution in [2.45, 2.75) is 51.7 Å². The number of pyridine rings is 1. The number of hydrogen-bond donors (Lipinski definition) is 0. The van der Waals surface area contributed by atoms with Crippen LogP contribution in [-0.2, 0) is 10.3 Å². The quantitative estimate of drug-likeness (QED) is 0.739. The second-order valence-electron chi connectivity index (χ2n) is 7.25. The zero-order valence-corrected chi connectivity index (χ0v) is 15.6. The fraction of sp³-hybridized carbons (Fsp3) is 0.529. The molecule has 1 amide bonds. The molecular weight excluding hydrogens is 358 g/mol. The van der Waals surface area contributed by atoms with Gasteiger partial charge in [-0.25, -0.2) is 9.78 Å². The standard InChI is InChI=1S/C17H22BrN3O2/c1-16(2,3)23-15(22)21-9-5-8-17(21,4)13-11-20-10-12(18)6-7-14(20)19-13/h6-7,10-11H,5,8-9H2,1-4H3. The lowest BCUT2D eigenvalue weighted by atomic mass is 9.95. The van der Waals surface area contributed by atoms with Crippen LogP contribution in [0.3, 0.4) is 0 Å². The van der Waals surface area contributed by atoms with Crippen molar-refractivity contribution in [3.8, 4) is 0 Å². The SMILES string of the molecule is CC(C)(C)OC(=O)N1CCCC1(C)c1cn2cc(Br)ccc2n1. The van der Waals surface area contributed by atoms with Gasteiger partial charge >= 0.3 is 6.09 Å². The topological polar surface area (TPSA) is 46.8 Å². The number of likely N-dealkylation sites (tertiary alicyclic amines) is 1. The van der Waals surface area contributed by atoms with Crippen molar-refractivity contribution in [3.63, 3.8) is 0 Å². The maximum Gasteiger partial charge on any atom is 0.411 e. The van der Waals surface area contributed by atoms with E-state index in [1.165, 1.54) is 0 Å². The number of carbonyl (C=O) groups excluding carboxylic acids is 1. The van der Waals surface area contributed by atoms with Gasteiger partial charge in [-0.1, -0.05) is 0 Å². The van der Waals surface area contributed by atoms with Crippen LogP contribution in [0.1, 0.15) is 46.2 Å². The number of hydrogen-bond acceptors (Lipinski definition) is 3. The van der Waals surface area contributed by atoms with Gasteiger partial charge in [0.15, 0.2) is 0 Å². The molecule has 5 nitrogen and oxygen atoms in total. The molecule has 1 fully saturated rings. The van der Waals surface area contributed by atoms with Crippen LogP contribution in [-0.4, -0.2) is 32.5 Å². The van der Waals surface area contributed by atoms with Crippen LogP contribution >= 0.6 is 15.9 Å². The van der Waals surface area contributed by atoms with Gasteiger partial charge in [0.1, 0.15) is 11.2 Å². The van der Waals surface area contributed by atoms with Gasteiger partial charge in [-0.3, -0.25) is 4.90 Å². The Hall–Kier alpha value is -1.56. The van der Waals surface area contributed by atoms with E-state index in [1.54, 1.807) is 0 Å². The molecule has 1 atom stereocenters. The molecule has 1 aliphatic heterocycles. The van der Waals surface area contributed by atoms with Crippen LogP contribution in [0, 0.1) is 0 Å². The van der Waals surface area contributed by atoms with Crippen LogP contribution in [0.25, 0.3) is 5.65 Å². The van der Waals surface area contributed by atoms with E-state index in [0.717, 1.165) is 28.7 Å². The van der Waals surface area contributed by atoms with Gasteiger partial charge in [0, 0.05) is 23.4 Å². The van der Waals surface area contributed by atoms with Crippen LogP contribution < -0.4 is 0 Å². The monoisotopic (exact) mass is 379 g/mol. The minimum absolute atomic E-state index is 0.268. The lowest BCUT2D eigenvalue weighted by Crippen LogP contribution is -2.45. The molecule has 23 heavy (non-hydrogen) atoms. The summed E-state index contributed by atoms with van der Waals surface area (Å²) in [6, 6.07) is 3.93. The predicted molar refractivity (Wildman–Crippen MR) is 92.4 cm³/mol. The second kappa shape index (κ2) is 5.51. The maximum atomic E-state index is 12.6. The molecule has 1 saturated heterocycles. The number of imidazole rings is 1. The highest BCUT2D eigenvalue weighted by Gasteiger charge is 2.44. The van der Waals surface area contributed by atoms with Crippen LogP contribution in [0.5, 0.6) is 0 Å². The fourth-order valence-electron chi connectivity index (χ4n) is 3.06. The molecule has 6 heteroatoms. The highest BCUT2D eigenvalue weighted by Crippen LogP contribution is 2.39. The molecule has 2 aromatic rings. The summed E-state index contributed by atoms with van der Waals surface area (Å²) in [7, 11) is 0. The van der Waals surface area contributed by atoms with Crippen molar-refractivity contribution in [2.75, 3.05) is 6.54 Å². The fourth-order valence-corrected chi connectivity index (χ4v) is 3.42. The zero-order chi connectivity index (χ0) is 16.8. The minimum atomic E-state index is -0.496. The Balaban J connectivity index is 1.95. The smallest absolute Gasteiger partial charge is 0.411 e. The Labute approximate surface area is 144 Å². The Bertz CT molecular complexity index is 750. The molecule has 0 saturated carbocycles. The Kier molecular flexibility index (Phi) is 3.91. The van der Waals surface area contributed by atoms with Crippen molar-refractivity contribution in [1.82, 2.24) is 14.3 Å². The first kappa shape index (κ1) is 16.3. The molecule has 2 aromatic heterocycles. The first-order valence-electron chi connectivity index (χ1n) is 7.84. The van der Waals surface area contributed by atoms with Crippen LogP contribution in [0.15, 0.2) is 29.0 Å². The van der Waals surface area contributed by atoms with Gasteiger partial charge in [-0.2, -0.15) is 0 Å². The molecule has 124 valence electrons. The molecule has 3 rings (SSSR count). The Morgan fingerprint density at radius 2 is 2.09 bits per heavy atom. The third-order valence-electron chi connectivity index (χ3n) is 4.22. The number of nitrogens with zero attached hydrogens (tertiary/aromatic N) is 3. The molecular formula is C17H22BrN3O2. The number of fused-ring (bicyclic) bond motifs is 1. The summed E-state index contributed by atoms with van der Waals surface area (Å²) in [5, 5.41) is 0. The van der Waals surface area contributed by atoms with Gasteiger partial charge < -0.3 is 9.14 Å². The summed E-state index contributed by atoms with van der Waals surface area (Å²) < 4.78 is 8.55. The molecule has 0 spiro atoms. The molecule has 1 unspecified atom stereocenters. The van der Waals surface area contributed by atoms with Gasteiger partial charge in [0.2, 0.25) is 0 Å². The van der Waals surface area contributed by atoms with Gasteiger partial charge in [-0.05, 0) is 68.6 Å². The molecule has 3 heterocycles. The average Bonchev–Trinajstić information content (AvgIpc) is 3.00. The molecule has 0 radical (unpaired) electrons. The Morgan fingerprint density at radius 1 is 1.35 bits per heavy atom. The number of carbonyl (C=O) groups is 1. The van der Waals surface area contributed by atoms with Gasteiger partial charge in [0.05, 0.1) is 11.2 Å². The van der Waals surface area contributed by atoms with Crippen molar-refractivity contribution < 1.29 is 9.53 Å². The number of amides is 1. The van der Waals surface area contributed by atoms with E-state index in [9.17, 15) is 4.79 Å². The van der Waals surface area contributed by atoms with E-state index in [4.69, 9.17) is 9.72 Å². The lowest BCUT2D eigenvalue weighted by Gasteiger charge is -2.35. The third kappa shape index (κ3) is 3.09. The summed E-state index contributed by atoms with van der Waals surface area (Å²) >= 11 is 3.47. The molecule has 0 aliphatic carbocycles. The van der Waals surface area contributed by atoms with Crippen LogP contribution in [0.4, 0.5) is 4.79 Å². The summed E-state index contributed by atoms with van der Waals surface area (Å²) in [5.41, 5.74) is 0.852. The number of rotatable bonds is 1. The normalized spacial score (nSPS) is 21.9. The van der Waals surface area contributed by atoms with Crippen molar-refractivity contribution >= 4 is 27.7 Å². The summed E-state index contributed by atoms with van der Waals surface area (Å²) in [6.45, 7) is 8.44. The maximum absolute atomic E-state index is 12.6. The van der Waals surface area contributed by atoms with E-state index in [2.05, 4.69) is 22.9 Å². The third-order valence-corrected chi connectivity index (χ3v) is 4.69. The van der Waals surface area contributed by atoms with Gasteiger partial charge in [0.25, 0.3) is 0 Å². The van der Waals surface area contributed by atoms with E-state index in [0.29, 0.717) is 6.54 Å². The molecule has 0 aromatic carbocycles. The minimum Gasteiger partial charge on any atom is -0.444 e. The highest BCUT2D eigenvalue weighted by atomic mass is 79.9. The number of aromatic nitrogens is 2. The first-order chi connectivity index (χ1) is 10.7. The zero-order valence-electron chi connectivity index (χ0n) is 14.0. The van der Waals surface area contributed by atoms with E-state index in [1.807, 2.05) is 54.6 Å². The highest BCUT2D eigenvalue weighted by molar-refractivity contribution is 9.10.